The van der Waals surface area contributed by atoms with E-state index in [4.69, 9.17) is 9.84 Å². The number of ether oxygens (including phenoxy) is 1. The van der Waals surface area contributed by atoms with Crippen LogP contribution in [0.2, 0.25) is 0 Å². The predicted octanol–water partition coefficient (Wildman–Crippen LogP) is -1.40. The lowest BCUT2D eigenvalue weighted by Gasteiger charge is -2.27. The molecule has 5 heteroatoms. The minimum absolute atomic E-state index is 0.0643. The number of hydrogen-bond acceptors (Lipinski definition) is 4. The summed E-state index contributed by atoms with van der Waals surface area (Å²) in [5, 5.41) is 14.3. The van der Waals surface area contributed by atoms with E-state index in [-0.39, 0.29) is 6.23 Å². The second-order valence-electron chi connectivity index (χ2n) is 2.43. The number of carboxylic acid groups (broad SMARTS) is 1. The SMILES string of the molecule is COC1CN[C@H](C(=O)O)CN1. The molecule has 1 fully saturated rings. The monoisotopic (exact) mass is 160 g/mol. The molecule has 64 valence electrons. The average Bonchev–Trinajstić information content (AvgIpc) is 2.05. The fourth-order valence-electron chi connectivity index (χ4n) is 0.984. The van der Waals surface area contributed by atoms with E-state index >= 15 is 0 Å². The van der Waals surface area contributed by atoms with E-state index in [1.54, 1.807) is 7.11 Å². The molecule has 0 aromatic heterocycles. The smallest absolute Gasteiger partial charge is 0.322 e. The lowest BCUT2D eigenvalue weighted by Crippen LogP contribution is -2.57. The molecule has 1 aliphatic rings. The molecule has 2 atom stereocenters. The molecule has 1 aliphatic heterocycles. The molecule has 0 radical (unpaired) electrons. The van der Waals surface area contributed by atoms with Crippen LogP contribution in [0.4, 0.5) is 0 Å². The molecule has 0 bridgehead atoms. The summed E-state index contributed by atoms with van der Waals surface area (Å²) in [5.74, 6) is -0.827. The molecule has 0 aliphatic carbocycles. The summed E-state index contributed by atoms with van der Waals surface area (Å²) in [6.45, 7) is 0.946. The molecule has 0 aromatic rings. The van der Waals surface area contributed by atoms with Crippen molar-refractivity contribution in [3.05, 3.63) is 0 Å². The van der Waals surface area contributed by atoms with Crippen LogP contribution in [0.5, 0.6) is 0 Å². The number of nitrogens with one attached hydrogen (secondary N) is 2. The highest BCUT2D eigenvalue weighted by Crippen LogP contribution is 1.93. The van der Waals surface area contributed by atoms with Crippen molar-refractivity contribution in [2.24, 2.45) is 0 Å². The van der Waals surface area contributed by atoms with Crippen molar-refractivity contribution >= 4 is 5.97 Å². The second kappa shape index (κ2) is 3.66. The van der Waals surface area contributed by atoms with Gasteiger partial charge in [0, 0.05) is 20.2 Å². The Morgan fingerprint density at radius 2 is 2.27 bits per heavy atom. The highest BCUT2D eigenvalue weighted by Gasteiger charge is 2.23. The molecular weight excluding hydrogens is 148 g/mol. The minimum Gasteiger partial charge on any atom is -0.480 e. The first-order valence-corrected chi connectivity index (χ1v) is 3.46. The molecule has 3 N–H and O–H groups in total. The van der Waals surface area contributed by atoms with Crippen molar-refractivity contribution in [3.63, 3.8) is 0 Å². The fourth-order valence-corrected chi connectivity index (χ4v) is 0.984. The van der Waals surface area contributed by atoms with Gasteiger partial charge in [-0.3, -0.25) is 15.4 Å². The van der Waals surface area contributed by atoms with Gasteiger partial charge >= 0.3 is 5.97 Å². The zero-order valence-corrected chi connectivity index (χ0v) is 6.33. The van der Waals surface area contributed by atoms with Crippen molar-refractivity contribution in [2.45, 2.75) is 12.3 Å². The number of rotatable bonds is 2. The van der Waals surface area contributed by atoms with Crippen LogP contribution in [-0.2, 0) is 9.53 Å². The first-order chi connectivity index (χ1) is 5.24. The number of aliphatic carboxylic acids is 1. The summed E-state index contributed by atoms with van der Waals surface area (Å²) in [6.07, 6.45) is -0.0643. The highest BCUT2D eigenvalue weighted by atomic mass is 16.5. The molecule has 0 saturated carbocycles. The van der Waals surface area contributed by atoms with Gasteiger partial charge in [0.2, 0.25) is 0 Å². The Morgan fingerprint density at radius 1 is 1.55 bits per heavy atom. The maximum Gasteiger partial charge on any atom is 0.322 e. The van der Waals surface area contributed by atoms with Crippen LogP contribution >= 0.6 is 0 Å². The van der Waals surface area contributed by atoms with Crippen LogP contribution in [0.25, 0.3) is 0 Å². The standard InChI is InChI=1S/C6H12N2O3/c1-11-5-3-7-4(2-8-5)6(9)10/h4-5,7-8H,2-3H2,1H3,(H,9,10)/t4-,5?/m0/s1. The van der Waals surface area contributed by atoms with Crippen LogP contribution in [0, 0.1) is 0 Å². The Labute approximate surface area is 64.7 Å². The first-order valence-electron chi connectivity index (χ1n) is 3.46. The predicted molar refractivity (Wildman–Crippen MR) is 38.2 cm³/mol. The summed E-state index contributed by atoms with van der Waals surface area (Å²) in [7, 11) is 1.58. The highest BCUT2D eigenvalue weighted by molar-refractivity contribution is 5.73. The number of hydrogen-bond donors (Lipinski definition) is 3. The maximum atomic E-state index is 10.4. The summed E-state index contributed by atoms with van der Waals surface area (Å²) >= 11 is 0. The molecule has 0 aromatic carbocycles. The van der Waals surface area contributed by atoms with Gasteiger partial charge in [-0.1, -0.05) is 0 Å². The van der Waals surface area contributed by atoms with Gasteiger partial charge in [0.15, 0.2) is 0 Å². The zero-order valence-electron chi connectivity index (χ0n) is 6.33. The van der Waals surface area contributed by atoms with E-state index in [9.17, 15) is 4.79 Å². The van der Waals surface area contributed by atoms with Gasteiger partial charge in [-0.25, -0.2) is 0 Å². The van der Waals surface area contributed by atoms with Gasteiger partial charge in [-0.05, 0) is 0 Å². The summed E-state index contributed by atoms with van der Waals surface area (Å²) in [4.78, 5) is 10.4. The third-order valence-corrected chi connectivity index (χ3v) is 1.68. The van der Waals surface area contributed by atoms with Crippen molar-refractivity contribution in [2.75, 3.05) is 20.2 Å². The lowest BCUT2D eigenvalue weighted by molar-refractivity contribution is -0.140. The normalized spacial score (nSPS) is 31.7. The third kappa shape index (κ3) is 2.14. The molecule has 5 nitrogen and oxygen atoms in total. The van der Waals surface area contributed by atoms with Crippen LogP contribution in [0.1, 0.15) is 0 Å². The van der Waals surface area contributed by atoms with E-state index in [0.29, 0.717) is 13.1 Å². The fraction of sp³-hybridized carbons (Fsp3) is 0.833. The van der Waals surface area contributed by atoms with Gasteiger partial charge in [0.25, 0.3) is 0 Å². The molecule has 1 heterocycles. The number of carboxylic acids is 1. The van der Waals surface area contributed by atoms with Gasteiger partial charge in [-0.2, -0.15) is 0 Å². The molecule has 1 saturated heterocycles. The lowest BCUT2D eigenvalue weighted by atomic mass is 10.2. The van der Waals surface area contributed by atoms with E-state index in [1.807, 2.05) is 0 Å². The van der Waals surface area contributed by atoms with E-state index in [0.717, 1.165) is 0 Å². The van der Waals surface area contributed by atoms with Gasteiger partial charge < -0.3 is 9.84 Å². The Morgan fingerprint density at radius 3 is 2.64 bits per heavy atom. The van der Waals surface area contributed by atoms with Crippen molar-refractivity contribution < 1.29 is 14.6 Å². The van der Waals surface area contributed by atoms with Crippen molar-refractivity contribution in [1.29, 1.82) is 0 Å². The summed E-state index contributed by atoms with van der Waals surface area (Å²) in [6, 6.07) is -0.485. The largest absolute Gasteiger partial charge is 0.480 e. The first kappa shape index (κ1) is 8.45. The molecule has 0 spiro atoms. The van der Waals surface area contributed by atoms with Gasteiger partial charge in [0.05, 0.1) is 0 Å². The van der Waals surface area contributed by atoms with E-state index < -0.39 is 12.0 Å². The van der Waals surface area contributed by atoms with Crippen LogP contribution in [0.3, 0.4) is 0 Å². The number of methoxy groups -OCH3 is 1. The maximum absolute atomic E-state index is 10.4. The number of piperazine rings is 1. The Bertz CT molecular complexity index is 143. The minimum atomic E-state index is -0.827. The zero-order chi connectivity index (χ0) is 8.27. The van der Waals surface area contributed by atoms with E-state index in [2.05, 4.69) is 10.6 Å². The van der Waals surface area contributed by atoms with Crippen LogP contribution in [0.15, 0.2) is 0 Å². The molecule has 11 heavy (non-hydrogen) atoms. The molecule has 1 rings (SSSR count). The third-order valence-electron chi connectivity index (χ3n) is 1.68. The van der Waals surface area contributed by atoms with Crippen molar-refractivity contribution in [3.8, 4) is 0 Å². The summed E-state index contributed by atoms with van der Waals surface area (Å²) < 4.78 is 4.95. The topological polar surface area (TPSA) is 70.6 Å². The molecular formula is C6H12N2O3. The van der Waals surface area contributed by atoms with Gasteiger partial charge in [0.1, 0.15) is 12.3 Å². The van der Waals surface area contributed by atoms with Gasteiger partial charge in [-0.15, -0.1) is 0 Å². The van der Waals surface area contributed by atoms with E-state index in [1.165, 1.54) is 0 Å². The molecule has 1 unspecified atom stereocenters. The Balaban J connectivity index is 2.30. The second-order valence-corrected chi connectivity index (χ2v) is 2.43. The van der Waals surface area contributed by atoms with Crippen LogP contribution in [-0.4, -0.2) is 43.5 Å². The van der Waals surface area contributed by atoms with Crippen LogP contribution < -0.4 is 10.6 Å². The average molecular weight is 160 g/mol. The molecule has 0 amide bonds. The summed E-state index contributed by atoms with van der Waals surface area (Å²) in [5.41, 5.74) is 0. The van der Waals surface area contributed by atoms with Crippen molar-refractivity contribution in [1.82, 2.24) is 10.6 Å². The quantitative estimate of drug-likeness (QED) is 0.463. The Hall–Kier alpha value is -0.650. The Kier molecular flexibility index (Phi) is 2.81. The number of carbonyl (C=O) groups is 1.